The van der Waals surface area contributed by atoms with Crippen LogP contribution >= 0.6 is 0 Å². The minimum Gasteiger partial charge on any atom is -0.378 e. The van der Waals surface area contributed by atoms with E-state index in [1.165, 1.54) is 5.56 Å². The molecule has 2 aliphatic heterocycles. The molecule has 2 heterocycles. The van der Waals surface area contributed by atoms with Gasteiger partial charge in [0.2, 0.25) is 0 Å². The van der Waals surface area contributed by atoms with Gasteiger partial charge in [-0.25, -0.2) is 0 Å². The summed E-state index contributed by atoms with van der Waals surface area (Å²) in [5.74, 6) is 0.675. The third-order valence-electron chi connectivity index (χ3n) is 5.04. The van der Waals surface area contributed by atoms with Gasteiger partial charge in [0, 0.05) is 31.0 Å². The second-order valence-corrected chi connectivity index (χ2v) is 8.38. The van der Waals surface area contributed by atoms with E-state index in [1.807, 2.05) is 0 Å². The summed E-state index contributed by atoms with van der Waals surface area (Å²) in [6.45, 7) is 8.96. The monoisotopic (exact) mass is 315 g/mol. The van der Waals surface area contributed by atoms with Crippen molar-refractivity contribution in [3.63, 3.8) is 0 Å². The molecule has 2 saturated heterocycles. The van der Waals surface area contributed by atoms with Crippen molar-refractivity contribution in [3.05, 3.63) is 35.9 Å². The van der Waals surface area contributed by atoms with Crippen molar-refractivity contribution in [2.75, 3.05) is 13.2 Å². The molecule has 0 saturated carbocycles. The lowest BCUT2D eigenvalue weighted by atomic mass is 9.77. The number of Topliss-reactive ketones (excluding diaryl/α,β-unsaturated/α-hetero) is 1. The number of hydrogen-bond acceptors (Lipinski definition) is 3. The number of morpholine rings is 1. The van der Waals surface area contributed by atoms with Crippen LogP contribution in [0.5, 0.6) is 0 Å². The fraction of sp³-hybridized carbons (Fsp3) is 0.650. The Balaban J connectivity index is 1.67. The summed E-state index contributed by atoms with van der Waals surface area (Å²) in [5.41, 5.74) is 1.44. The second kappa shape index (κ2) is 6.74. The quantitative estimate of drug-likeness (QED) is 0.849. The Morgan fingerprint density at radius 3 is 2.30 bits per heavy atom. The van der Waals surface area contributed by atoms with E-state index in [0.717, 1.165) is 32.6 Å². The number of hydrogen-bond donors (Lipinski definition) is 0. The fourth-order valence-corrected chi connectivity index (χ4v) is 3.97. The summed E-state index contributed by atoms with van der Waals surface area (Å²) >= 11 is 0. The van der Waals surface area contributed by atoms with E-state index >= 15 is 0 Å². The number of ether oxygens (including phenoxy) is 1. The average molecular weight is 315 g/mol. The smallest absolute Gasteiger partial charge is 0.136 e. The van der Waals surface area contributed by atoms with Crippen LogP contribution in [0.1, 0.15) is 45.6 Å². The molecule has 2 bridgehead atoms. The van der Waals surface area contributed by atoms with Crippen molar-refractivity contribution in [3.8, 4) is 0 Å². The highest BCUT2D eigenvalue weighted by molar-refractivity contribution is 5.81. The van der Waals surface area contributed by atoms with Gasteiger partial charge in [-0.1, -0.05) is 51.1 Å². The number of piperidine rings is 1. The van der Waals surface area contributed by atoms with Gasteiger partial charge < -0.3 is 4.74 Å². The Kier molecular flexibility index (Phi) is 4.88. The Morgan fingerprint density at radius 1 is 1.13 bits per heavy atom. The number of benzene rings is 1. The van der Waals surface area contributed by atoms with Crippen LogP contribution in [0.15, 0.2) is 30.3 Å². The lowest BCUT2D eigenvalue weighted by Gasteiger charge is -2.48. The predicted octanol–water partition coefficient (Wildman–Crippen LogP) is 3.67. The van der Waals surface area contributed by atoms with Crippen molar-refractivity contribution in [1.82, 2.24) is 4.90 Å². The van der Waals surface area contributed by atoms with Crippen LogP contribution in [0.2, 0.25) is 0 Å². The second-order valence-electron chi connectivity index (χ2n) is 8.38. The van der Waals surface area contributed by atoms with E-state index in [-0.39, 0.29) is 11.3 Å². The number of ketones is 1. The molecule has 0 N–H and O–H groups in total. The van der Waals surface area contributed by atoms with E-state index in [1.54, 1.807) is 0 Å². The van der Waals surface area contributed by atoms with Crippen molar-refractivity contribution < 1.29 is 9.53 Å². The topological polar surface area (TPSA) is 29.5 Å². The predicted molar refractivity (Wildman–Crippen MR) is 92.2 cm³/mol. The van der Waals surface area contributed by atoms with Gasteiger partial charge in [-0.2, -0.15) is 0 Å². The van der Waals surface area contributed by atoms with Crippen molar-refractivity contribution in [2.45, 2.75) is 58.7 Å². The molecule has 2 unspecified atom stereocenters. The van der Waals surface area contributed by atoms with Crippen molar-refractivity contribution in [1.29, 1.82) is 0 Å². The van der Waals surface area contributed by atoms with Crippen LogP contribution in [0.25, 0.3) is 0 Å². The minimum atomic E-state index is 0.0872. The number of rotatable bonds is 4. The Bertz CT molecular complexity index is 520. The van der Waals surface area contributed by atoms with Crippen LogP contribution < -0.4 is 0 Å². The Morgan fingerprint density at radius 2 is 1.74 bits per heavy atom. The van der Waals surface area contributed by atoms with Gasteiger partial charge in [-0.3, -0.25) is 9.69 Å². The van der Waals surface area contributed by atoms with Gasteiger partial charge in [0.15, 0.2) is 0 Å². The number of nitrogens with zero attached hydrogens (tertiary/aromatic N) is 1. The molecule has 1 aromatic carbocycles. The molecule has 3 rings (SSSR count). The maximum atomic E-state index is 12.7. The van der Waals surface area contributed by atoms with E-state index in [4.69, 9.17) is 4.74 Å². The third kappa shape index (κ3) is 4.21. The molecule has 0 radical (unpaired) electrons. The standard InChI is InChI=1S/C20H29NO2/c1-20(2,3)11-19(22)16-9-17-13-23-14-18(10-16)21(17)12-15-7-5-4-6-8-15/h4-8,16-18H,9-14H2,1-3H3. The van der Waals surface area contributed by atoms with E-state index < -0.39 is 0 Å². The molecule has 0 aliphatic carbocycles. The van der Waals surface area contributed by atoms with Gasteiger partial charge in [0.05, 0.1) is 13.2 Å². The molecule has 23 heavy (non-hydrogen) atoms. The Labute approximate surface area is 140 Å². The minimum absolute atomic E-state index is 0.0872. The normalized spacial score (nSPS) is 28.6. The van der Waals surface area contributed by atoms with Gasteiger partial charge in [-0.05, 0) is 23.8 Å². The Hall–Kier alpha value is -1.19. The molecule has 2 aliphatic rings. The summed E-state index contributed by atoms with van der Waals surface area (Å²) in [6.07, 6.45) is 2.60. The molecule has 0 spiro atoms. The van der Waals surface area contributed by atoms with Crippen LogP contribution in [0, 0.1) is 11.3 Å². The first-order valence-corrected chi connectivity index (χ1v) is 8.82. The SMILES string of the molecule is CC(C)(C)CC(=O)C1CC2COCC(C1)N2Cc1ccccc1. The molecule has 0 amide bonds. The third-order valence-corrected chi connectivity index (χ3v) is 5.04. The number of fused-ring (bicyclic) bond motifs is 2. The molecule has 1 aromatic rings. The maximum absolute atomic E-state index is 12.7. The maximum Gasteiger partial charge on any atom is 0.136 e. The highest BCUT2D eigenvalue weighted by Crippen LogP contribution is 2.35. The zero-order valence-corrected chi connectivity index (χ0v) is 14.6. The van der Waals surface area contributed by atoms with Crippen molar-refractivity contribution in [2.24, 2.45) is 11.3 Å². The first-order chi connectivity index (χ1) is 10.9. The first-order valence-electron chi connectivity index (χ1n) is 8.82. The lowest BCUT2D eigenvalue weighted by Crippen LogP contribution is -2.57. The number of carbonyl (C=O) groups is 1. The zero-order chi connectivity index (χ0) is 16.4. The summed E-state index contributed by atoms with van der Waals surface area (Å²) in [5, 5.41) is 0. The van der Waals surface area contributed by atoms with E-state index in [0.29, 0.717) is 24.3 Å². The molecule has 0 aromatic heterocycles. The molecule has 3 nitrogen and oxygen atoms in total. The molecule has 2 fully saturated rings. The molecular formula is C20H29NO2. The fourth-order valence-electron chi connectivity index (χ4n) is 3.97. The summed E-state index contributed by atoms with van der Waals surface area (Å²) < 4.78 is 5.78. The van der Waals surface area contributed by atoms with Gasteiger partial charge in [-0.15, -0.1) is 0 Å². The van der Waals surface area contributed by atoms with Crippen LogP contribution in [0.3, 0.4) is 0 Å². The van der Waals surface area contributed by atoms with E-state index in [9.17, 15) is 4.79 Å². The van der Waals surface area contributed by atoms with Crippen LogP contribution in [0.4, 0.5) is 0 Å². The van der Waals surface area contributed by atoms with Gasteiger partial charge >= 0.3 is 0 Å². The van der Waals surface area contributed by atoms with E-state index in [2.05, 4.69) is 56.0 Å². The summed E-state index contributed by atoms with van der Waals surface area (Å²) in [7, 11) is 0. The summed E-state index contributed by atoms with van der Waals surface area (Å²) in [4.78, 5) is 15.2. The van der Waals surface area contributed by atoms with Crippen molar-refractivity contribution >= 4 is 5.78 Å². The van der Waals surface area contributed by atoms with Gasteiger partial charge in [0.25, 0.3) is 0 Å². The number of carbonyl (C=O) groups excluding carboxylic acids is 1. The zero-order valence-electron chi connectivity index (χ0n) is 14.6. The summed E-state index contributed by atoms with van der Waals surface area (Å²) in [6, 6.07) is 11.4. The van der Waals surface area contributed by atoms with Gasteiger partial charge in [0.1, 0.15) is 5.78 Å². The highest BCUT2D eigenvalue weighted by atomic mass is 16.5. The highest BCUT2D eigenvalue weighted by Gasteiger charge is 2.41. The van der Waals surface area contributed by atoms with Crippen LogP contribution in [-0.2, 0) is 16.1 Å². The molecular weight excluding hydrogens is 286 g/mol. The largest absolute Gasteiger partial charge is 0.378 e. The molecule has 126 valence electrons. The molecule has 2 atom stereocenters. The first kappa shape index (κ1) is 16.7. The average Bonchev–Trinajstić information content (AvgIpc) is 2.46. The lowest BCUT2D eigenvalue weighted by molar-refractivity contribution is -0.135. The molecule has 3 heteroatoms. The van der Waals surface area contributed by atoms with Crippen LogP contribution in [-0.4, -0.2) is 36.0 Å².